The lowest BCUT2D eigenvalue weighted by Gasteiger charge is -2.31. The van der Waals surface area contributed by atoms with Crippen molar-refractivity contribution in [1.29, 1.82) is 0 Å². The largest absolute Gasteiger partial charge is 0.354 e. The van der Waals surface area contributed by atoms with Crippen molar-refractivity contribution >= 4 is 11.9 Å². The highest BCUT2D eigenvalue weighted by Gasteiger charge is 2.21. The lowest BCUT2D eigenvalue weighted by Crippen LogP contribution is -2.40. The summed E-state index contributed by atoms with van der Waals surface area (Å²) >= 11 is 0. The number of amides is 1. The molecule has 0 radical (unpaired) electrons. The van der Waals surface area contributed by atoms with Crippen LogP contribution in [0.15, 0.2) is 36.9 Å². The van der Waals surface area contributed by atoms with Crippen LogP contribution < -0.4 is 10.2 Å². The van der Waals surface area contributed by atoms with Crippen LogP contribution in [-0.2, 0) is 11.3 Å². The van der Waals surface area contributed by atoms with Crippen LogP contribution in [0.2, 0.25) is 0 Å². The first-order chi connectivity index (χ1) is 10.8. The fourth-order valence-electron chi connectivity index (χ4n) is 2.65. The van der Waals surface area contributed by atoms with E-state index in [9.17, 15) is 4.79 Å². The minimum atomic E-state index is 0.0116. The second-order valence-electron chi connectivity index (χ2n) is 5.49. The Morgan fingerprint density at radius 1 is 1.18 bits per heavy atom. The first-order valence-electron chi connectivity index (χ1n) is 7.57. The van der Waals surface area contributed by atoms with Gasteiger partial charge in [-0.05, 0) is 30.9 Å². The van der Waals surface area contributed by atoms with Crippen LogP contribution in [0, 0.1) is 5.92 Å². The van der Waals surface area contributed by atoms with Gasteiger partial charge in [-0.2, -0.15) is 5.10 Å². The summed E-state index contributed by atoms with van der Waals surface area (Å²) in [4.78, 5) is 22.6. The average Bonchev–Trinajstić information content (AvgIpc) is 3.07. The predicted molar refractivity (Wildman–Crippen MR) is 82.2 cm³/mol. The van der Waals surface area contributed by atoms with Crippen molar-refractivity contribution in [2.24, 2.45) is 5.92 Å². The Morgan fingerprint density at radius 2 is 1.95 bits per heavy atom. The molecule has 3 rings (SSSR count). The number of carbonyl (C=O) groups is 1. The standard InChI is InChI=1S/C15H20N6O/c22-14(12-21-8-2-7-19-21)18-11-13-3-9-20(10-4-13)15-16-5-1-6-17-15/h1-2,5-8,13H,3-4,9-12H2,(H,18,22). The van der Waals surface area contributed by atoms with Gasteiger partial charge in [0.2, 0.25) is 11.9 Å². The van der Waals surface area contributed by atoms with E-state index in [0.29, 0.717) is 5.92 Å². The second kappa shape index (κ2) is 7.02. The summed E-state index contributed by atoms with van der Waals surface area (Å²) in [5.74, 6) is 1.32. The van der Waals surface area contributed by atoms with Gasteiger partial charge in [-0.1, -0.05) is 0 Å². The minimum Gasteiger partial charge on any atom is -0.354 e. The summed E-state index contributed by atoms with van der Waals surface area (Å²) in [7, 11) is 0. The molecular weight excluding hydrogens is 280 g/mol. The monoisotopic (exact) mass is 300 g/mol. The number of piperidine rings is 1. The van der Waals surface area contributed by atoms with Crippen LogP contribution in [0.3, 0.4) is 0 Å². The van der Waals surface area contributed by atoms with Crippen LogP contribution in [0.1, 0.15) is 12.8 Å². The summed E-state index contributed by atoms with van der Waals surface area (Å²) in [5, 5.41) is 7.03. The van der Waals surface area contributed by atoms with E-state index in [1.165, 1.54) is 0 Å². The van der Waals surface area contributed by atoms with E-state index < -0.39 is 0 Å². The van der Waals surface area contributed by atoms with Crippen LogP contribution >= 0.6 is 0 Å². The van der Waals surface area contributed by atoms with Crippen molar-refractivity contribution in [3.05, 3.63) is 36.9 Å². The molecule has 1 aliphatic rings. The molecule has 0 atom stereocenters. The number of hydrogen-bond acceptors (Lipinski definition) is 5. The molecule has 2 aromatic rings. The Morgan fingerprint density at radius 3 is 2.64 bits per heavy atom. The zero-order chi connectivity index (χ0) is 15.2. The number of nitrogens with zero attached hydrogens (tertiary/aromatic N) is 5. The van der Waals surface area contributed by atoms with E-state index in [1.807, 2.05) is 12.1 Å². The molecule has 22 heavy (non-hydrogen) atoms. The molecule has 1 saturated heterocycles. The molecule has 2 aromatic heterocycles. The molecule has 7 nitrogen and oxygen atoms in total. The molecule has 3 heterocycles. The van der Waals surface area contributed by atoms with E-state index >= 15 is 0 Å². The predicted octanol–water partition coefficient (Wildman–Crippen LogP) is 0.706. The molecule has 1 amide bonds. The van der Waals surface area contributed by atoms with Gasteiger partial charge in [-0.3, -0.25) is 9.48 Å². The topological polar surface area (TPSA) is 75.9 Å². The smallest absolute Gasteiger partial charge is 0.241 e. The molecule has 0 aliphatic carbocycles. The van der Waals surface area contributed by atoms with E-state index in [1.54, 1.807) is 29.5 Å². The average molecular weight is 300 g/mol. The molecule has 116 valence electrons. The third-order valence-electron chi connectivity index (χ3n) is 3.90. The molecule has 1 fully saturated rings. The van der Waals surface area contributed by atoms with Gasteiger partial charge in [0.1, 0.15) is 6.54 Å². The Hall–Kier alpha value is -2.44. The molecule has 0 spiro atoms. The third-order valence-corrected chi connectivity index (χ3v) is 3.90. The van der Waals surface area contributed by atoms with Gasteiger partial charge in [-0.15, -0.1) is 0 Å². The number of nitrogens with one attached hydrogen (secondary N) is 1. The molecular formula is C15H20N6O. The van der Waals surface area contributed by atoms with Crippen molar-refractivity contribution in [3.8, 4) is 0 Å². The van der Waals surface area contributed by atoms with Crippen molar-refractivity contribution < 1.29 is 4.79 Å². The lowest BCUT2D eigenvalue weighted by molar-refractivity contribution is -0.122. The SMILES string of the molecule is O=C(Cn1cccn1)NCC1CCN(c2ncccn2)CC1. The number of anilines is 1. The summed E-state index contributed by atoms with van der Waals surface area (Å²) in [6.45, 7) is 2.88. The van der Waals surface area contributed by atoms with Crippen molar-refractivity contribution in [2.45, 2.75) is 19.4 Å². The fraction of sp³-hybridized carbons (Fsp3) is 0.467. The molecule has 0 saturated carbocycles. The normalized spacial score (nSPS) is 15.7. The van der Waals surface area contributed by atoms with Crippen molar-refractivity contribution in [1.82, 2.24) is 25.1 Å². The maximum atomic E-state index is 11.8. The number of carbonyl (C=O) groups excluding carboxylic acids is 1. The van der Waals surface area contributed by atoms with E-state index in [4.69, 9.17) is 0 Å². The van der Waals surface area contributed by atoms with Gasteiger partial charge in [0.25, 0.3) is 0 Å². The summed E-state index contributed by atoms with van der Waals surface area (Å²) in [6.07, 6.45) is 9.08. The van der Waals surface area contributed by atoms with E-state index in [2.05, 4.69) is 25.3 Å². The van der Waals surface area contributed by atoms with Crippen LogP contribution in [0.4, 0.5) is 5.95 Å². The minimum absolute atomic E-state index is 0.0116. The van der Waals surface area contributed by atoms with Crippen LogP contribution in [-0.4, -0.2) is 45.3 Å². The Bertz CT molecular complexity index is 577. The molecule has 1 aliphatic heterocycles. The number of hydrogen-bond donors (Lipinski definition) is 1. The highest BCUT2D eigenvalue weighted by molar-refractivity contribution is 5.75. The second-order valence-corrected chi connectivity index (χ2v) is 5.49. The zero-order valence-electron chi connectivity index (χ0n) is 12.4. The summed E-state index contributed by atoms with van der Waals surface area (Å²) < 4.78 is 1.63. The molecule has 0 bridgehead atoms. The number of rotatable bonds is 5. The first-order valence-corrected chi connectivity index (χ1v) is 7.57. The van der Waals surface area contributed by atoms with E-state index in [-0.39, 0.29) is 12.5 Å². The quantitative estimate of drug-likeness (QED) is 0.880. The Labute approximate surface area is 129 Å². The summed E-state index contributed by atoms with van der Waals surface area (Å²) in [6, 6.07) is 3.64. The van der Waals surface area contributed by atoms with Gasteiger partial charge < -0.3 is 10.2 Å². The van der Waals surface area contributed by atoms with Gasteiger partial charge >= 0.3 is 0 Å². The Kier molecular flexibility index (Phi) is 4.62. The maximum absolute atomic E-state index is 11.8. The fourth-order valence-corrected chi connectivity index (χ4v) is 2.65. The Balaban J connectivity index is 1.40. The van der Waals surface area contributed by atoms with E-state index in [0.717, 1.165) is 38.4 Å². The maximum Gasteiger partial charge on any atom is 0.241 e. The van der Waals surface area contributed by atoms with Gasteiger partial charge in [0, 0.05) is 44.4 Å². The number of aromatic nitrogens is 4. The highest BCUT2D eigenvalue weighted by atomic mass is 16.2. The zero-order valence-corrected chi connectivity index (χ0v) is 12.4. The summed E-state index contributed by atoms with van der Waals surface area (Å²) in [5.41, 5.74) is 0. The molecule has 0 aromatic carbocycles. The van der Waals surface area contributed by atoms with Crippen LogP contribution in [0.5, 0.6) is 0 Å². The van der Waals surface area contributed by atoms with Gasteiger partial charge in [0.05, 0.1) is 0 Å². The van der Waals surface area contributed by atoms with Crippen molar-refractivity contribution in [2.75, 3.05) is 24.5 Å². The lowest BCUT2D eigenvalue weighted by atomic mass is 9.97. The molecule has 7 heteroatoms. The molecule has 1 N–H and O–H groups in total. The van der Waals surface area contributed by atoms with Gasteiger partial charge in [-0.25, -0.2) is 9.97 Å². The van der Waals surface area contributed by atoms with Crippen LogP contribution in [0.25, 0.3) is 0 Å². The third kappa shape index (κ3) is 3.81. The van der Waals surface area contributed by atoms with Crippen molar-refractivity contribution in [3.63, 3.8) is 0 Å². The highest BCUT2D eigenvalue weighted by Crippen LogP contribution is 2.19. The van der Waals surface area contributed by atoms with Gasteiger partial charge in [0.15, 0.2) is 0 Å². The molecule has 0 unspecified atom stereocenters. The first kappa shape index (κ1) is 14.5.